The fraction of sp³-hybridized carbons (Fsp3) is 0.250. The van der Waals surface area contributed by atoms with Gasteiger partial charge in [0.2, 0.25) is 0 Å². The number of aromatic nitrogens is 3. The molecule has 4 nitrogen and oxygen atoms in total. The van der Waals surface area contributed by atoms with Crippen molar-refractivity contribution in [3.63, 3.8) is 0 Å². The number of imidazole rings is 1. The van der Waals surface area contributed by atoms with Crippen LogP contribution in [0.25, 0.3) is 10.9 Å². The summed E-state index contributed by atoms with van der Waals surface area (Å²) in [5.41, 5.74) is 1.71. The number of hydrogen-bond acceptors (Lipinski definition) is 3. The lowest BCUT2D eigenvalue weighted by Crippen LogP contribution is -2.04. The number of aliphatic hydroxyl groups excluding tert-OH is 1. The number of halogens is 1. The highest BCUT2D eigenvalue weighted by Gasteiger charge is 2.14. The van der Waals surface area contributed by atoms with Crippen molar-refractivity contribution in [1.82, 2.24) is 14.5 Å². The summed E-state index contributed by atoms with van der Waals surface area (Å²) in [7, 11) is 1.96. The summed E-state index contributed by atoms with van der Waals surface area (Å²) in [6, 6.07) is 7.80. The summed E-state index contributed by atoms with van der Waals surface area (Å²) in [5.74, 6) is 0.975. The Balaban J connectivity index is 1.86. The fourth-order valence-corrected chi connectivity index (χ4v) is 2.94. The summed E-state index contributed by atoms with van der Waals surface area (Å²) in [5, 5.41) is 11.5. The number of benzene rings is 1. The van der Waals surface area contributed by atoms with Gasteiger partial charge in [-0.3, -0.25) is 4.98 Å². The smallest absolute Gasteiger partial charge is 0.108 e. The lowest BCUT2D eigenvalue weighted by atomic mass is 10.0. The van der Waals surface area contributed by atoms with Crippen LogP contribution in [0.2, 0.25) is 0 Å². The van der Waals surface area contributed by atoms with Gasteiger partial charge >= 0.3 is 0 Å². The fourth-order valence-electron chi connectivity index (χ4n) is 2.49. The molecule has 1 N–H and O–H groups in total. The number of rotatable bonds is 4. The minimum absolute atomic E-state index is 0.549. The van der Waals surface area contributed by atoms with Crippen LogP contribution in [-0.2, 0) is 13.5 Å². The number of fused-ring (bicyclic) bond motifs is 1. The Kier molecular flexibility index (Phi) is 4.03. The number of aryl methyl sites for hydroxylation is 2. The molecule has 0 saturated heterocycles. The molecule has 0 spiro atoms. The van der Waals surface area contributed by atoms with Crippen LogP contribution in [0.4, 0.5) is 0 Å². The van der Waals surface area contributed by atoms with E-state index in [1.807, 2.05) is 42.1 Å². The van der Waals surface area contributed by atoms with Gasteiger partial charge in [0.25, 0.3) is 0 Å². The standard InChI is InChI=1S/C16H16BrN3O/c1-20-10-9-18-15(20)7-6-14(21)12-4-5-13(17)11-3-2-8-19-16(11)12/h2-5,8-10,14,21H,6-7H2,1H3. The molecule has 1 unspecified atom stereocenters. The summed E-state index contributed by atoms with van der Waals surface area (Å²) < 4.78 is 2.97. The monoisotopic (exact) mass is 345 g/mol. The minimum Gasteiger partial charge on any atom is -0.388 e. The van der Waals surface area contributed by atoms with E-state index >= 15 is 0 Å². The molecule has 108 valence electrons. The molecule has 0 fully saturated rings. The van der Waals surface area contributed by atoms with E-state index in [-0.39, 0.29) is 0 Å². The molecule has 21 heavy (non-hydrogen) atoms. The quantitative estimate of drug-likeness (QED) is 0.788. The predicted octanol–water partition coefficient (Wildman–Crippen LogP) is 3.40. The average molecular weight is 346 g/mol. The Hall–Kier alpha value is -1.72. The third kappa shape index (κ3) is 2.84. The van der Waals surface area contributed by atoms with Crippen molar-refractivity contribution < 1.29 is 5.11 Å². The van der Waals surface area contributed by atoms with Gasteiger partial charge in [-0.2, -0.15) is 0 Å². The Morgan fingerprint density at radius 3 is 2.86 bits per heavy atom. The number of nitrogens with zero attached hydrogens (tertiary/aromatic N) is 3. The first-order valence-electron chi connectivity index (χ1n) is 6.84. The molecule has 2 aromatic heterocycles. The number of aliphatic hydroxyl groups is 1. The van der Waals surface area contributed by atoms with Gasteiger partial charge < -0.3 is 9.67 Å². The van der Waals surface area contributed by atoms with E-state index in [1.54, 1.807) is 12.4 Å². The lowest BCUT2D eigenvalue weighted by Gasteiger charge is -2.13. The molecular weight excluding hydrogens is 330 g/mol. The van der Waals surface area contributed by atoms with E-state index in [4.69, 9.17) is 0 Å². The molecule has 0 aliphatic carbocycles. The zero-order valence-corrected chi connectivity index (χ0v) is 13.3. The molecule has 0 aliphatic rings. The van der Waals surface area contributed by atoms with Crippen LogP contribution in [0.15, 0.2) is 47.3 Å². The van der Waals surface area contributed by atoms with E-state index in [0.29, 0.717) is 6.42 Å². The molecule has 2 heterocycles. The van der Waals surface area contributed by atoms with Crippen molar-refractivity contribution in [2.45, 2.75) is 18.9 Å². The van der Waals surface area contributed by atoms with Gasteiger partial charge in [-0.05, 0) is 18.6 Å². The Morgan fingerprint density at radius 2 is 2.10 bits per heavy atom. The molecule has 1 atom stereocenters. The van der Waals surface area contributed by atoms with Crippen molar-refractivity contribution in [2.24, 2.45) is 7.05 Å². The highest BCUT2D eigenvalue weighted by atomic mass is 79.9. The molecule has 0 aliphatic heterocycles. The third-order valence-electron chi connectivity index (χ3n) is 3.67. The maximum atomic E-state index is 10.5. The summed E-state index contributed by atoms with van der Waals surface area (Å²) >= 11 is 3.53. The Bertz CT molecular complexity index is 769. The van der Waals surface area contributed by atoms with Gasteiger partial charge in [-0.1, -0.05) is 28.1 Å². The SMILES string of the molecule is Cn1ccnc1CCC(O)c1ccc(Br)c2cccnc12. The predicted molar refractivity (Wildman–Crippen MR) is 85.9 cm³/mol. The molecule has 0 saturated carbocycles. The second-order valence-electron chi connectivity index (χ2n) is 5.05. The highest BCUT2D eigenvalue weighted by Crippen LogP contribution is 2.30. The molecule has 1 aromatic carbocycles. The van der Waals surface area contributed by atoms with Gasteiger partial charge in [0.1, 0.15) is 5.82 Å². The van der Waals surface area contributed by atoms with E-state index in [0.717, 1.165) is 33.2 Å². The second-order valence-corrected chi connectivity index (χ2v) is 5.90. The van der Waals surface area contributed by atoms with Crippen LogP contribution in [0.5, 0.6) is 0 Å². The van der Waals surface area contributed by atoms with Crippen molar-refractivity contribution in [3.8, 4) is 0 Å². The first-order valence-corrected chi connectivity index (χ1v) is 7.63. The van der Waals surface area contributed by atoms with Crippen molar-refractivity contribution >= 4 is 26.8 Å². The molecular formula is C16H16BrN3O. The molecule has 3 aromatic rings. The maximum absolute atomic E-state index is 10.5. The normalized spacial score (nSPS) is 12.7. The van der Waals surface area contributed by atoms with Crippen LogP contribution in [0.1, 0.15) is 23.9 Å². The van der Waals surface area contributed by atoms with Crippen molar-refractivity contribution in [1.29, 1.82) is 0 Å². The van der Waals surface area contributed by atoms with Crippen LogP contribution in [0, 0.1) is 0 Å². The lowest BCUT2D eigenvalue weighted by molar-refractivity contribution is 0.168. The van der Waals surface area contributed by atoms with Gasteiger partial charge in [0, 0.05) is 47.5 Å². The number of hydrogen-bond donors (Lipinski definition) is 1. The largest absolute Gasteiger partial charge is 0.388 e. The minimum atomic E-state index is -0.549. The molecule has 5 heteroatoms. The average Bonchev–Trinajstić information content (AvgIpc) is 2.91. The zero-order valence-electron chi connectivity index (χ0n) is 11.7. The van der Waals surface area contributed by atoms with Gasteiger partial charge in [0.15, 0.2) is 0 Å². The van der Waals surface area contributed by atoms with Crippen molar-refractivity contribution in [2.75, 3.05) is 0 Å². The molecule has 3 rings (SSSR count). The molecule has 0 amide bonds. The highest BCUT2D eigenvalue weighted by molar-refractivity contribution is 9.10. The van der Waals surface area contributed by atoms with E-state index in [1.165, 1.54) is 0 Å². The van der Waals surface area contributed by atoms with E-state index in [2.05, 4.69) is 25.9 Å². The molecule has 0 radical (unpaired) electrons. The number of pyridine rings is 1. The maximum Gasteiger partial charge on any atom is 0.108 e. The Morgan fingerprint density at radius 1 is 1.24 bits per heavy atom. The summed E-state index contributed by atoms with van der Waals surface area (Å²) in [6.45, 7) is 0. The third-order valence-corrected chi connectivity index (χ3v) is 4.36. The van der Waals surface area contributed by atoms with Crippen LogP contribution >= 0.6 is 15.9 Å². The summed E-state index contributed by atoms with van der Waals surface area (Å²) in [4.78, 5) is 8.70. The van der Waals surface area contributed by atoms with Gasteiger partial charge in [-0.25, -0.2) is 4.98 Å². The van der Waals surface area contributed by atoms with Crippen LogP contribution in [-0.4, -0.2) is 19.6 Å². The van der Waals surface area contributed by atoms with Crippen LogP contribution in [0.3, 0.4) is 0 Å². The van der Waals surface area contributed by atoms with E-state index in [9.17, 15) is 5.11 Å². The molecule has 0 bridgehead atoms. The van der Waals surface area contributed by atoms with Gasteiger partial charge in [0.05, 0.1) is 11.6 Å². The topological polar surface area (TPSA) is 50.9 Å². The van der Waals surface area contributed by atoms with E-state index < -0.39 is 6.10 Å². The Labute approximate surface area is 131 Å². The van der Waals surface area contributed by atoms with Gasteiger partial charge in [-0.15, -0.1) is 0 Å². The van der Waals surface area contributed by atoms with Crippen LogP contribution < -0.4 is 0 Å². The first kappa shape index (κ1) is 14.2. The zero-order chi connectivity index (χ0) is 14.8. The van der Waals surface area contributed by atoms with Crippen molar-refractivity contribution in [3.05, 3.63) is 58.7 Å². The second kappa shape index (κ2) is 5.95. The first-order chi connectivity index (χ1) is 10.2. The summed E-state index contributed by atoms with van der Waals surface area (Å²) in [6.07, 6.45) is 6.25.